The van der Waals surface area contributed by atoms with Crippen LogP contribution in [0.3, 0.4) is 0 Å². The van der Waals surface area contributed by atoms with E-state index in [1.165, 1.54) is 19.3 Å². The Bertz CT molecular complexity index is 202. The Kier molecular flexibility index (Phi) is 2.73. The fourth-order valence-corrected chi connectivity index (χ4v) is 3.64. The van der Waals surface area contributed by atoms with Crippen molar-refractivity contribution in [2.75, 3.05) is 7.05 Å². The summed E-state index contributed by atoms with van der Waals surface area (Å²) in [6, 6.07) is 0. The van der Waals surface area contributed by atoms with Gasteiger partial charge in [0.25, 0.3) is 0 Å². The third kappa shape index (κ3) is 1.16. The molecule has 2 saturated carbocycles. The smallest absolute Gasteiger partial charge is 0.0232 e. The minimum absolute atomic E-state index is 0. The van der Waals surface area contributed by atoms with Gasteiger partial charge in [-0.25, -0.2) is 0 Å². The Hall–Kier alpha value is 0.250. The molecular weight excluding hydrogens is 182 g/mol. The number of halogens is 1. The Morgan fingerprint density at radius 2 is 1.62 bits per heavy atom. The number of hydrogen-bond donors (Lipinski definition) is 1. The van der Waals surface area contributed by atoms with E-state index in [1.807, 2.05) is 0 Å². The van der Waals surface area contributed by atoms with E-state index >= 15 is 0 Å². The summed E-state index contributed by atoms with van der Waals surface area (Å²) in [5, 5.41) is 3.56. The van der Waals surface area contributed by atoms with Gasteiger partial charge >= 0.3 is 0 Å². The van der Waals surface area contributed by atoms with Crippen molar-refractivity contribution in [2.45, 2.75) is 45.6 Å². The molecule has 2 aliphatic rings. The van der Waals surface area contributed by atoms with Crippen molar-refractivity contribution in [1.29, 1.82) is 0 Å². The zero-order chi connectivity index (χ0) is 8.98. The second-order valence-electron chi connectivity index (χ2n) is 5.38. The SMILES string of the molecule is CN[C@]1(C)C2CCC(C2)C1(C)C.Cl. The van der Waals surface area contributed by atoms with E-state index in [1.54, 1.807) is 0 Å². The molecule has 2 fully saturated rings. The number of hydrogen-bond acceptors (Lipinski definition) is 1. The lowest BCUT2D eigenvalue weighted by molar-refractivity contribution is 0.0732. The molecule has 0 amide bonds. The molecule has 0 radical (unpaired) electrons. The van der Waals surface area contributed by atoms with Gasteiger partial charge < -0.3 is 5.32 Å². The summed E-state index contributed by atoms with van der Waals surface area (Å²) in [6.45, 7) is 7.29. The molecule has 2 heteroatoms. The molecule has 1 nitrogen and oxygen atoms in total. The highest BCUT2D eigenvalue weighted by Gasteiger charge is 2.59. The van der Waals surface area contributed by atoms with Gasteiger partial charge in [0.2, 0.25) is 0 Å². The molecule has 0 aliphatic heterocycles. The molecular formula is C11H22ClN. The van der Waals surface area contributed by atoms with Crippen molar-refractivity contribution < 1.29 is 0 Å². The van der Waals surface area contributed by atoms with Crippen LogP contribution in [0, 0.1) is 17.3 Å². The average molecular weight is 204 g/mol. The van der Waals surface area contributed by atoms with Crippen LogP contribution in [0.15, 0.2) is 0 Å². The van der Waals surface area contributed by atoms with E-state index in [2.05, 4.69) is 33.1 Å². The highest BCUT2D eigenvalue weighted by molar-refractivity contribution is 5.85. The summed E-state index contributed by atoms with van der Waals surface area (Å²) in [6.07, 6.45) is 4.38. The highest BCUT2D eigenvalue weighted by Crippen LogP contribution is 2.60. The summed E-state index contributed by atoms with van der Waals surface area (Å²) < 4.78 is 0. The van der Waals surface area contributed by atoms with Gasteiger partial charge in [-0.1, -0.05) is 13.8 Å². The van der Waals surface area contributed by atoms with Gasteiger partial charge in [0.05, 0.1) is 0 Å². The molecule has 2 rings (SSSR count). The minimum atomic E-state index is 0. The van der Waals surface area contributed by atoms with Crippen LogP contribution in [0.1, 0.15) is 40.0 Å². The van der Waals surface area contributed by atoms with E-state index in [9.17, 15) is 0 Å². The van der Waals surface area contributed by atoms with Gasteiger partial charge in [-0.2, -0.15) is 0 Å². The van der Waals surface area contributed by atoms with Gasteiger partial charge in [-0.3, -0.25) is 0 Å². The normalized spacial score (nSPS) is 46.2. The Balaban J connectivity index is 0.000000845. The van der Waals surface area contributed by atoms with Gasteiger partial charge in [0.15, 0.2) is 0 Å². The summed E-state index contributed by atoms with van der Waals surface area (Å²) in [5.74, 6) is 1.91. The Morgan fingerprint density at radius 3 is 1.92 bits per heavy atom. The molecule has 2 aliphatic carbocycles. The fraction of sp³-hybridized carbons (Fsp3) is 1.00. The third-order valence-electron chi connectivity index (χ3n) is 5.13. The lowest BCUT2D eigenvalue weighted by atomic mass is 9.64. The number of nitrogens with one attached hydrogen (secondary N) is 1. The molecule has 0 aromatic carbocycles. The minimum Gasteiger partial charge on any atom is -0.314 e. The van der Waals surface area contributed by atoms with Crippen molar-refractivity contribution in [3.05, 3.63) is 0 Å². The lowest BCUT2D eigenvalue weighted by Gasteiger charge is -2.47. The first-order valence-corrected chi connectivity index (χ1v) is 5.21. The van der Waals surface area contributed by atoms with E-state index in [0.717, 1.165) is 11.8 Å². The lowest BCUT2D eigenvalue weighted by Crippen LogP contribution is -2.55. The Labute approximate surface area is 88.1 Å². The van der Waals surface area contributed by atoms with E-state index in [0.29, 0.717) is 11.0 Å². The molecule has 0 saturated heterocycles. The molecule has 13 heavy (non-hydrogen) atoms. The maximum Gasteiger partial charge on any atom is 0.0232 e. The van der Waals surface area contributed by atoms with Gasteiger partial charge in [0, 0.05) is 5.54 Å². The van der Waals surface area contributed by atoms with Crippen molar-refractivity contribution in [3.63, 3.8) is 0 Å². The van der Waals surface area contributed by atoms with Crippen molar-refractivity contribution in [3.8, 4) is 0 Å². The quantitative estimate of drug-likeness (QED) is 0.691. The van der Waals surface area contributed by atoms with Crippen LogP contribution in [0.4, 0.5) is 0 Å². The molecule has 0 heterocycles. The second kappa shape index (κ2) is 3.13. The fourth-order valence-electron chi connectivity index (χ4n) is 3.64. The molecule has 0 aromatic rings. The molecule has 2 unspecified atom stereocenters. The van der Waals surface area contributed by atoms with Gasteiger partial charge in [-0.15, -0.1) is 12.4 Å². The van der Waals surface area contributed by atoms with Crippen LogP contribution < -0.4 is 5.32 Å². The summed E-state index contributed by atoms with van der Waals surface area (Å²) in [4.78, 5) is 0. The summed E-state index contributed by atoms with van der Waals surface area (Å²) in [5.41, 5.74) is 0.903. The largest absolute Gasteiger partial charge is 0.314 e. The van der Waals surface area contributed by atoms with Crippen molar-refractivity contribution in [2.24, 2.45) is 17.3 Å². The summed E-state index contributed by atoms with van der Waals surface area (Å²) >= 11 is 0. The standard InChI is InChI=1S/C11H21N.ClH/c1-10(2)8-5-6-9(7-8)11(10,3)12-4;/h8-9,12H,5-7H2,1-4H3;1H/t8?,9?,11-;/m1./s1. The first-order valence-electron chi connectivity index (χ1n) is 5.21. The number of rotatable bonds is 1. The second-order valence-corrected chi connectivity index (χ2v) is 5.38. The van der Waals surface area contributed by atoms with Crippen LogP contribution >= 0.6 is 12.4 Å². The van der Waals surface area contributed by atoms with Crippen LogP contribution in [0.25, 0.3) is 0 Å². The maximum absolute atomic E-state index is 3.56. The molecule has 3 atom stereocenters. The number of fused-ring (bicyclic) bond motifs is 2. The van der Waals surface area contributed by atoms with Gasteiger partial charge in [-0.05, 0) is 50.5 Å². The monoisotopic (exact) mass is 203 g/mol. The van der Waals surface area contributed by atoms with E-state index < -0.39 is 0 Å². The van der Waals surface area contributed by atoms with Crippen LogP contribution in [-0.4, -0.2) is 12.6 Å². The zero-order valence-corrected chi connectivity index (χ0v) is 10.0. The third-order valence-corrected chi connectivity index (χ3v) is 5.13. The molecule has 78 valence electrons. The Morgan fingerprint density at radius 1 is 1.08 bits per heavy atom. The molecule has 0 aromatic heterocycles. The topological polar surface area (TPSA) is 12.0 Å². The van der Waals surface area contributed by atoms with Crippen LogP contribution in [0.5, 0.6) is 0 Å². The van der Waals surface area contributed by atoms with E-state index in [4.69, 9.17) is 0 Å². The van der Waals surface area contributed by atoms with Gasteiger partial charge in [0.1, 0.15) is 0 Å². The first-order chi connectivity index (χ1) is 5.52. The average Bonchev–Trinajstić information content (AvgIpc) is 2.55. The molecule has 0 spiro atoms. The maximum atomic E-state index is 3.56. The van der Waals surface area contributed by atoms with Crippen molar-refractivity contribution in [1.82, 2.24) is 5.32 Å². The molecule has 1 N–H and O–H groups in total. The molecule has 2 bridgehead atoms. The van der Waals surface area contributed by atoms with Crippen molar-refractivity contribution >= 4 is 12.4 Å². The van der Waals surface area contributed by atoms with E-state index in [-0.39, 0.29) is 12.4 Å². The predicted octanol–water partition coefficient (Wildman–Crippen LogP) is 2.84. The summed E-state index contributed by atoms with van der Waals surface area (Å²) in [7, 11) is 2.13. The zero-order valence-electron chi connectivity index (χ0n) is 9.18. The predicted molar refractivity (Wildman–Crippen MR) is 59.3 cm³/mol. The van der Waals surface area contributed by atoms with Crippen LogP contribution in [-0.2, 0) is 0 Å². The highest BCUT2D eigenvalue weighted by atomic mass is 35.5. The van der Waals surface area contributed by atoms with Crippen LogP contribution in [0.2, 0.25) is 0 Å². The first kappa shape index (κ1) is 11.3.